The summed E-state index contributed by atoms with van der Waals surface area (Å²) >= 11 is 0. The number of hydrogen-bond donors (Lipinski definition) is 1. The van der Waals surface area contributed by atoms with Gasteiger partial charge in [0, 0.05) is 12.1 Å². The number of nitrogens with one attached hydrogen (secondary N) is 1. The highest BCUT2D eigenvalue weighted by Gasteiger charge is 2.16. The van der Waals surface area contributed by atoms with E-state index >= 15 is 0 Å². The minimum atomic E-state index is 0.271. The first-order chi connectivity index (χ1) is 7.58. The van der Waals surface area contributed by atoms with Gasteiger partial charge in [0.1, 0.15) is 0 Å². The molecule has 1 fully saturated rings. The van der Waals surface area contributed by atoms with Crippen molar-refractivity contribution in [1.29, 1.82) is 0 Å². The molecule has 0 aromatic rings. The third-order valence-corrected chi connectivity index (χ3v) is 3.13. The second kappa shape index (κ2) is 7.29. The molecule has 0 amide bonds. The molecule has 0 unspecified atom stereocenters. The maximum absolute atomic E-state index is 5.72. The highest BCUT2D eigenvalue weighted by atomic mass is 16.5. The van der Waals surface area contributed by atoms with Crippen molar-refractivity contribution >= 4 is 0 Å². The Morgan fingerprint density at radius 3 is 2.31 bits per heavy atom. The molecule has 0 aromatic carbocycles. The molecule has 0 bridgehead atoms. The van der Waals surface area contributed by atoms with E-state index in [1.165, 1.54) is 44.9 Å². The van der Waals surface area contributed by atoms with Gasteiger partial charge in [0.15, 0.2) is 0 Å². The van der Waals surface area contributed by atoms with Crippen molar-refractivity contribution in [1.82, 2.24) is 5.32 Å². The fourth-order valence-electron chi connectivity index (χ4n) is 1.83. The Kier molecular flexibility index (Phi) is 6.37. The van der Waals surface area contributed by atoms with E-state index in [-0.39, 0.29) is 5.54 Å². The summed E-state index contributed by atoms with van der Waals surface area (Å²) in [5.41, 5.74) is 0.271. The Hall–Kier alpha value is -0.0800. The molecule has 1 aliphatic carbocycles. The van der Waals surface area contributed by atoms with Crippen LogP contribution in [-0.2, 0) is 4.74 Å². The first-order valence-corrected chi connectivity index (χ1v) is 6.94. The maximum atomic E-state index is 5.72. The first-order valence-electron chi connectivity index (χ1n) is 6.94. The molecule has 0 saturated heterocycles. The van der Waals surface area contributed by atoms with Crippen LogP contribution >= 0.6 is 0 Å². The molecule has 1 saturated carbocycles. The molecule has 1 rings (SSSR count). The normalized spacial score (nSPS) is 17.4. The highest BCUT2D eigenvalue weighted by molar-refractivity contribution is 4.70. The van der Waals surface area contributed by atoms with E-state index in [2.05, 4.69) is 26.1 Å². The van der Waals surface area contributed by atoms with Gasteiger partial charge in [-0.3, -0.25) is 0 Å². The predicted molar refractivity (Wildman–Crippen MR) is 69.8 cm³/mol. The predicted octanol–water partition coefficient (Wildman–Crippen LogP) is 3.50. The molecule has 1 aliphatic rings. The topological polar surface area (TPSA) is 21.3 Å². The van der Waals surface area contributed by atoms with Crippen LogP contribution in [0.2, 0.25) is 0 Å². The fourth-order valence-corrected chi connectivity index (χ4v) is 1.83. The van der Waals surface area contributed by atoms with Crippen LogP contribution in [0.5, 0.6) is 0 Å². The molecule has 2 nitrogen and oxygen atoms in total. The lowest BCUT2D eigenvalue weighted by atomic mass is 9.96. The Bertz CT molecular complexity index is 170. The monoisotopic (exact) mass is 227 g/mol. The number of hydrogen-bond acceptors (Lipinski definition) is 2. The molecule has 0 aliphatic heterocycles. The van der Waals surface area contributed by atoms with Crippen molar-refractivity contribution in [2.24, 2.45) is 0 Å². The Balaban J connectivity index is 1.74. The lowest BCUT2D eigenvalue weighted by molar-refractivity contribution is 0.000620. The zero-order chi connectivity index (χ0) is 11.9. The minimum Gasteiger partial charge on any atom is -0.378 e. The molecule has 96 valence electrons. The van der Waals surface area contributed by atoms with Crippen LogP contribution in [0.4, 0.5) is 0 Å². The van der Waals surface area contributed by atoms with Crippen molar-refractivity contribution in [3.8, 4) is 0 Å². The van der Waals surface area contributed by atoms with E-state index in [1.807, 2.05) is 0 Å². The zero-order valence-corrected chi connectivity index (χ0v) is 11.3. The minimum absolute atomic E-state index is 0.271. The lowest BCUT2D eigenvalue weighted by Crippen LogP contribution is -2.36. The summed E-state index contributed by atoms with van der Waals surface area (Å²) in [6, 6.07) is 0. The van der Waals surface area contributed by atoms with Gasteiger partial charge < -0.3 is 10.1 Å². The van der Waals surface area contributed by atoms with E-state index in [1.54, 1.807) is 0 Å². The average Bonchev–Trinajstić information content (AvgIpc) is 2.10. The molecule has 2 heteroatoms. The Labute approximate surface area is 101 Å². The van der Waals surface area contributed by atoms with Crippen LogP contribution in [0.1, 0.15) is 65.7 Å². The molecule has 1 N–H and O–H groups in total. The van der Waals surface area contributed by atoms with E-state index in [4.69, 9.17) is 4.74 Å². The van der Waals surface area contributed by atoms with Crippen molar-refractivity contribution < 1.29 is 4.74 Å². The average molecular weight is 227 g/mol. The maximum Gasteiger partial charge on any atom is 0.0575 e. The van der Waals surface area contributed by atoms with Crippen LogP contribution in [-0.4, -0.2) is 24.8 Å². The standard InChI is InChI=1S/C14H29NO/c1-14(2,3)15-11-6-4-5-7-12-16-13-9-8-10-13/h13,15H,4-12H2,1-3H3. The van der Waals surface area contributed by atoms with Crippen molar-refractivity contribution in [3.63, 3.8) is 0 Å². The third-order valence-electron chi connectivity index (χ3n) is 3.13. The van der Waals surface area contributed by atoms with E-state index < -0.39 is 0 Å². The van der Waals surface area contributed by atoms with Crippen molar-refractivity contribution in [2.45, 2.75) is 77.4 Å². The van der Waals surface area contributed by atoms with Gasteiger partial charge in [-0.2, -0.15) is 0 Å². The molecular weight excluding hydrogens is 198 g/mol. The summed E-state index contributed by atoms with van der Waals surface area (Å²) in [6.07, 6.45) is 9.78. The van der Waals surface area contributed by atoms with Gasteiger partial charge in [0.05, 0.1) is 6.10 Å². The van der Waals surface area contributed by atoms with Crippen LogP contribution < -0.4 is 5.32 Å². The second-order valence-electron chi connectivity index (χ2n) is 6.01. The van der Waals surface area contributed by atoms with Crippen molar-refractivity contribution in [3.05, 3.63) is 0 Å². The molecule has 0 atom stereocenters. The molecule has 0 aromatic heterocycles. The smallest absolute Gasteiger partial charge is 0.0575 e. The molecule has 0 heterocycles. The second-order valence-corrected chi connectivity index (χ2v) is 6.01. The van der Waals surface area contributed by atoms with Gasteiger partial charge in [0.25, 0.3) is 0 Å². The Morgan fingerprint density at radius 1 is 1.06 bits per heavy atom. The van der Waals surface area contributed by atoms with Crippen LogP contribution in [0, 0.1) is 0 Å². The fraction of sp³-hybridized carbons (Fsp3) is 1.00. The van der Waals surface area contributed by atoms with Gasteiger partial charge in [-0.25, -0.2) is 0 Å². The zero-order valence-electron chi connectivity index (χ0n) is 11.3. The Morgan fingerprint density at radius 2 is 1.75 bits per heavy atom. The SMILES string of the molecule is CC(C)(C)NCCCCCCOC1CCC1. The quantitative estimate of drug-likeness (QED) is 0.641. The number of ether oxygens (including phenoxy) is 1. The summed E-state index contributed by atoms with van der Waals surface area (Å²) in [6.45, 7) is 8.79. The van der Waals surface area contributed by atoms with Gasteiger partial charge >= 0.3 is 0 Å². The van der Waals surface area contributed by atoms with E-state index in [9.17, 15) is 0 Å². The van der Waals surface area contributed by atoms with Gasteiger partial charge in [-0.05, 0) is 59.4 Å². The summed E-state index contributed by atoms with van der Waals surface area (Å²) in [5, 5.41) is 3.52. The van der Waals surface area contributed by atoms with Gasteiger partial charge in [-0.15, -0.1) is 0 Å². The first kappa shape index (κ1) is 14.0. The summed E-state index contributed by atoms with van der Waals surface area (Å²) < 4.78 is 5.72. The molecular formula is C14H29NO. The van der Waals surface area contributed by atoms with Gasteiger partial charge in [-0.1, -0.05) is 12.8 Å². The van der Waals surface area contributed by atoms with Gasteiger partial charge in [0.2, 0.25) is 0 Å². The summed E-state index contributed by atoms with van der Waals surface area (Å²) in [7, 11) is 0. The summed E-state index contributed by atoms with van der Waals surface area (Å²) in [5.74, 6) is 0. The molecule has 0 radical (unpaired) electrons. The van der Waals surface area contributed by atoms with Crippen LogP contribution in [0.25, 0.3) is 0 Å². The van der Waals surface area contributed by atoms with E-state index in [0.29, 0.717) is 6.10 Å². The number of rotatable bonds is 8. The molecule has 16 heavy (non-hydrogen) atoms. The van der Waals surface area contributed by atoms with Crippen LogP contribution in [0.15, 0.2) is 0 Å². The lowest BCUT2D eigenvalue weighted by Gasteiger charge is -2.25. The van der Waals surface area contributed by atoms with Crippen LogP contribution in [0.3, 0.4) is 0 Å². The largest absolute Gasteiger partial charge is 0.378 e. The number of unbranched alkanes of at least 4 members (excludes halogenated alkanes) is 3. The summed E-state index contributed by atoms with van der Waals surface area (Å²) in [4.78, 5) is 0. The third kappa shape index (κ3) is 7.24. The molecule has 0 spiro atoms. The van der Waals surface area contributed by atoms with E-state index in [0.717, 1.165) is 13.2 Å². The van der Waals surface area contributed by atoms with Crippen molar-refractivity contribution in [2.75, 3.05) is 13.2 Å². The highest BCUT2D eigenvalue weighted by Crippen LogP contribution is 2.22.